The highest BCUT2D eigenvalue weighted by molar-refractivity contribution is 7.99. The lowest BCUT2D eigenvalue weighted by atomic mass is 10.2. The number of aromatic nitrogens is 2. The van der Waals surface area contributed by atoms with Crippen LogP contribution in [0.25, 0.3) is 11.5 Å². The van der Waals surface area contributed by atoms with Crippen LogP contribution in [0.3, 0.4) is 0 Å². The van der Waals surface area contributed by atoms with E-state index in [1.807, 2.05) is 18.2 Å². The van der Waals surface area contributed by atoms with Gasteiger partial charge >= 0.3 is 0 Å². The Morgan fingerprint density at radius 3 is 2.56 bits per heavy atom. The van der Waals surface area contributed by atoms with Crippen LogP contribution in [0, 0.1) is 17.5 Å². The maximum Gasteiger partial charge on any atom is 0.277 e. The summed E-state index contributed by atoms with van der Waals surface area (Å²) in [5.41, 5.74) is 0.287. The van der Waals surface area contributed by atoms with Gasteiger partial charge in [-0.3, -0.25) is 4.79 Å². The fourth-order valence-corrected chi connectivity index (χ4v) is 2.46. The van der Waals surface area contributed by atoms with Gasteiger partial charge < -0.3 is 9.73 Å². The quantitative estimate of drug-likeness (QED) is 0.549. The molecule has 1 heterocycles. The molecule has 2 aromatic carbocycles. The van der Waals surface area contributed by atoms with Crippen LogP contribution in [0.4, 0.5) is 18.9 Å². The predicted molar refractivity (Wildman–Crippen MR) is 85.4 cm³/mol. The van der Waals surface area contributed by atoms with Crippen molar-refractivity contribution in [3.05, 3.63) is 59.9 Å². The second-order valence-electron chi connectivity index (χ2n) is 4.80. The van der Waals surface area contributed by atoms with E-state index in [4.69, 9.17) is 4.42 Å². The van der Waals surface area contributed by atoms with Gasteiger partial charge in [0.05, 0.1) is 11.4 Å². The molecule has 0 fully saturated rings. The number of carbonyl (C=O) groups excluding carboxylic acids is 1. The van der Waals surface area contributed by atoms with E-state index in [-0.39, 0.29) is 11.0 Å². The normalized spacial score (nSPS) is 10.7. The van der Waals surface area contributed by atoms with Gasteiger partial charge in [0.15, 0.2) is 17.5 Å². The summed E-state index contributed by atoms with van der Waals surface area (Å²) < 4.78 is 44.9. The van der Waals surface area contributed by atoms with Crippen molar-refractivity contribution in [2.45, 2.75) is 5.22 Å². The van der Waals surface area contributed by atoms with Crippen molar-refractivity contribution in [2.24, 2.45) is 0 Å². The van der Waals surface area contributed by atoms with Crippen LogP contribution in [0.5, 0.6) is 0 Å². The molecule has 0 aliphatic rings. The molecule has 0 radical (unpaired) electrons. The molecule has 128 valence electrons. The molecule has 0 saturated heterocycles. The number of carbonyl (C=O) groups is 1. The topological polar surface area (TPSA) is 68.0 Å². The number of halogens is 3. The molecule has 1 N–H and O–H groups in total. The summed E-state index contributed by atoms with van der Waals surface area (Å²) in [5, 5.41) is 9.97. The van der Waals surface area contributed by atoms with E-state index < -0.39 is 29.0 Å². The summed E-state index contributed by atoms with van der Waals surface area (Å²) in [4.78, 5) is 11.8. The number of benzene rings is 2. The highest BCUT2D eigenvalue weighted by atomic mass is 32.2. The predicted octanol–water partition coefficient (Wildman–Crippen LogP) is 3.88. The summed E-state index contributed by atoms with van der Waals surface area (Å²) in [6.07, 6.45) is 0. The van der Waals surface area contributed by atoms with Crippen LogP contribution in [0.1, 0.15) is 0 Å². The van der Waals surface area contributed by atoms with Crippen molar-refractivity contribution < 1.29 is 22.4 Å². The Balaban J connectivity index is 1.60. The van der Waals surface area contributed by atoms with Crippen molar-refractivity contribution >= 4 is 23.4 Å². The van der Waals surface area contributed by atoms with E-state index in [0.717, 1.165) is 29.5 Å². The van der Waals surface area contributed by atoms with Crippen LogP contribution in [-0.4, -0.2) is 21.9 Å². The largest absolute Gasteiger partial charge is 0.411 e. The third-order valence-corrected chi connectivity index (χ3v) is 3.88. The molecule has 0 atom stereocenters. The smallest absolute Gasteiger partial charge is 0.277 e. The Morgan fingerprint density at radius 1 is 1.04 bits per heavy atom. The van der Waals surface area contributed by atoms with Crippen LogP contribution in [0.15, 0.2) is 52.1 Å². The molecule has 0 aliphatic carbocycles. The molecule has 25 heavy (non-hydrogen) atoms. The molecule has 0 spiro atoms. The highest BCUT2D eigenvalue weighted by Gasteiger charge is 2.16. The number of hydrogen-bond donors (Lipinski definition) is 1. The Hall–Kier alpha value is -2.81. The van der Waals surface area contributed by atoms with Gasteiger partial charge in [-0.15, -0.1) is 10.2 Å². The molecule has 0 aliphatic heterocycles. The summed E-state index contributed by atoms with van der Waals surface area (Å²) in [6, 6.07) is 10.7. The minimum atomic E-state index is -1.64. The van der Waals surface area contributed by atoms with Gasteiger partial charge in [0.1, 0.15) is 0 Å². The monoisotopic (exact) mass is 365 g/mol. The molecule has 9 heteroatoms. The second-order valence-corrected chi connectivity index (χ2v) is 5.73. The van der Waals surface area contributed by atoms with Crippen molar-refractivity contribution in [3.63, 3.8) is 0 Å². The van der Waals surface area contributed by atoms with Gasteiger partial charge in [-0.2, -0.15) is 0 Å². The molecule has 0 saturated carbocycles. The zero-order valence-corrected chi connectivity index (χ0v) is 13.3. The number of nitrogens with zero attached hydrogens (tertiary/aromatic N) is 2. The lowest BCUT2D eigenvalue weighted by Crippen LogP contribution is -2.15. The number of amides is 1. The minimum absolute atomic E-state index is 0.153. The Kier molecular flexibility index (Phi) is 5.03. The van der Waals surface area contributed by atoms with Crippen molar-refractivity contribution in [2.75, 3.05) is 11.1 Å². The van der Waals surface area contributed by atoms with E-state index in [1.165, 1.54) is 0 Å². The van der Waals surface area contributed by atoms with E-state index in [1.54, 1.807) is 12.1 Å². The van der Waals surface area contributed by atoms with E-state index in [9.17, 15) is 18.0 Å². The molecule has 3 aromatic rings. The molecule has 5 nitrogen and oxygen atoms in total. The zero-order valence-electron chi connectivity index (χ0n) is 12.5. The van der Waals surface area contributed by atoms with E-state index in [0.29, 0.717) is 5.89 Å². The van der Waals surface area contributed by atoms with Gasteiger partial charge in [0.25, 0.3) is 5.22 Å². The molecule has 0 bridgehead atoms. The lowest BCUT2D eigenvalue weighted by Gasteiger charge is -2.06. The fourth-order valence-electron chi connectivity index (χ4n) is 1.90. The summed E-state index contributed by atoms with van der Waals surface area (Å²) in [6.45, 7) is 0. The maximum atomic E-state index is 13.5. The Morgan fingerprint density at radius 2 is 1.80 bits per heavy atom. The first-order valence-electron chi connectivity index (χ1n) is 6.99. The number of rotatable bonds is 5. The Labute approximate surface area is 144 Å². The first-order valence-corrected chi connectivity index (χ1v) is 7.98. The minimum Gasteiger partial charge on any atom is -0.411 e. The average molecular weight is 365 g/mol. The maximum absolute atomic E-state index is 13.5. The van der Waals surface area contributed by atoms with E-state index >= 15 is 0 Å². The van der Waals surface area contributed by atoms with Crippen molar-refractivity contribution in [3.8, 4) is 11.5 Å². The van der Waals surface area contributed by atoms with Gasteiger partial charge in [0.2, 0.25) is 11.8 Å². The van der Waals surface area contributed by atoms with Gasteiger partial charge in [-0.25, -0.2) is 13.2 Å². The average Bonchev–Trinajstić information content (AvgIpc) is 3.10. The van der Waals surface area contributed by atoms with Crippen LogP contribution in [0.2, 0.25) is 0 Å². The third-order valence-electron chi connectivity index (χ3n) is 3.06. The zero-order chi connectivity index (χ0) is 17.8. The molecular weight excluding hydrogens is 355 g/mol. The fraction of sp³-hybridized carbons (Fsp3) is 0.0625. The van der Waals surface area contributed by atoms with E-state index in [2.05, 4.69) is 15.5 Å². The lowest BCUT2D eigenvalue weighted by molar-refractivity contribution is -0.113. The number of hydrogen-bond acceptors (Lipinski definition) is 5. The third kappa shape index (κ3) is 4.00. The summed E-state index contributed by atoms with van der Waals surface area (Å²) >= 11 is 0.934. The van der Waals surface area contributed by atoms with Gasteiger partial charge in [-0.1, -0.05) is 30.0 Å². The van der Waals surface area contributed by atoms with Crippen LogP contribution in [-0.2, 0) is 4.79 Å². The molecule has 1 aromatic heterocycles. The van der Waals surface area contributed by atoms with Crippen molar-refractivity contribution in [1.82, 2.24) is 10.2 Å². The summed E-state index contributed by atoms with van der Waals surface area (Å²) in [5.74, 6) is -4.93. The van der Waals surface area contributed by atoms with Gasteiger partial charge in [0, 0.05) is 5.56 Å². The van der Waals surface area contributed by atoms with Crippen molar-refractivity contribution in [1.29, 1.82) is 0 Å². The van der Waals surface area contributed by atoms with Crippen LogP contribution >= 0.6 is 11.8 Å². The Bertz CT molecular complexity index is 903. The molecule has 3 rings (SSSR count). The standard InChI is InChI=1S/C16H10F3N3O2S/c17-10-6-7-11(14(19)13(10)18)20-12(23)8-25-16-22-21-15(24-16)9-4-2-1-3-5-9/h1-7H,8H2,(H,20,23). The SMILES string of the molecule is O=C(CSc1nnc(-c2ccccc2)o1)Nc1ccc(F)c(F)c1F. The van der Waals surface area contributed by atoms with Gasteiger partial charge in [-0.05, 0) is 24.3 Å². The molecule has 0 unspecified atom stereocenters. The number of anilines is 1. The highest BCUT2D eigenvalue weighted by Crippen LogP contribution is 2.24. The number of thioether (sulfide) groups is 1. The first-order chi connectivity index (χ1) is 12.0. The first kappa shape index (κ1) is 17.0. The second kappa shape index (κ2) is 7.39. The molecular formula is C16H10F3N3O2S. The van der Waals surface area contributed by atoms with Crippen LogP contribution < -0.4 is 5.32 Å². The number of nitrogens with one attached hydrogen (secondary N) is 1. The summed E-state index contributed by atoms with van der Waals surface area (Å²) in [7, 11) is 0. The molecule has 1 amide bonds.